The summed E-state index contributed by atoms with van der Waals surface area (Å²) in [5.74, 6) is 0.404. The summed E-state index contributed by atoms with van der Waals surface area (Å²) in [4.78, 5) is 10.8. The number of methoxy groups -OCH3 is 1. The van der Waals surface area contributed by atoms with E-state index in [9.17, 15) is 4.79 Å². The number of halogens is 1. The van der Waals surface area contributed by atoms with Gasteiger partial charge in [0.05, 0.1) is 19.3 Å². The van der Waals surface area contributed by atoms with E-state index in [1.807, 2.05) is 55.5 Å². The molecule has 7 heteroatoms. The molecular weight excluding hydrogens is 597 g/mol. The number of rotatable bonds is 11. The van der Waals surface area contributed by atoms with Gasteiger partial charge in [-0.05, 0) is 11.1 Å². The maximum Gasteiger partial charge on any atom is 0.184 e. The molecule has 0 spiro atoms. The van der Waals surface area contributed by atoms with Crippen LogP contribution in [0.15, 0.2) is 73.3 Å². The van der Waals surface area contributed by atoms with Gasteiger partial charge in [0, 0.05) is 42.9 Å². The van der Waals surface area contributed by atoms with Gasteiger partial charge in [0.25, 0.3) is 0 Å². The Balaban J connectivity index is 0.000000336. The van der Waals surface area contributed by atoms with Crippen LogP contribution in [-0.2, 0) is 56.4 Å². The Morgan fingerprint density at radius 1 is 1.06 bits per heavy atom. The molecule has 1 aliphatic heterocycles. The molecular formula is C27H35IO5Zn. The van der Waals surface area contributed by atoms with E-state index in [1.54, 1.807) is 13.2 Å². The smallest absolute Gasteiger partial charge is 0.184 e. The largest absolute Gasteiger partial charge is 0.368 e. The summed E-state index contributed by atoms with van der Waals surface area (Å²) >= 11 is 2.34. The molecule has 0 aromatic heterocycles. The average molecular weight is 632 g/mol. The maximum atomic E-state index is 10.8. The molecule has 1 aliphatic rings. The van der Waals surface area contributed by atoms with Crippen LogP contribution in [-0.4, -0.2) is 42.4 Å². The first-order valence-electron chi connectivity index (χ1n) is 11.2. The van der Waals surface area contributed by atoms with Gasteiger partial charge in [0.1, 0.15) is 18.5 Å². The van der Waals surface area contributed by atoms with Crippen molar-refractivity contribution in [3.8, 4) is 0 Å². The van der Waals surface area contributed by atoms with Gasteiger partial charge < -0.3 is 23.7 Å². The number of aldehydes is 1. The molecule has 0 radical (unpaired) electrons. The minimum Gasteiger partial charge on any atom is -0.368 e. The Hall–Kier alpha value is -0.957. The first-order chi connectivity index (χ1) is 16.0. The molecule has 0 bridgehead atoms. The van der Waals surface area contributed by atoms with Gasteiger partial charge in [-0.2, -0.15) is 0 Å². The second-order valence-corrected chi connectivity index (χ2v) is 8.93. The third kappa shape index (κ3) is 9.96. The zero-order chi connectivity index (χ0) is 24.1. The van der Waals surface area contributed by atoms with Crippen LogP contribution in [0, 0.1) is 11.8 Å². The van der Waals surface area contributed by atoms with Crippen LogP contribution >= 0.6 is 22.6 Å². The third-order valence-electron chi connectivity index (χ3n) is 5.66. The zero-order valence-corrected chi connectivity index (χ0v) is 25.5. The summed E-state index contributed by atoms with van der Waals surface area (Å²) in [6, 6.07) is 20.0. The molecule has 0 aliphatic carbocycles. The van der Waals surface area contributed by atoms with E-state index in [0.717, 1.165) is 16.3 Å². The molecule has 1 fully saturated rings. The molecule has 5 nitrogen and oxygen atoms in total. The van der Waals surface area contributed by atoms with Crippen molar-refractivity contribution in [3.63, 3.8) is 0 Å². The average Bonchev–Trinajstić information content (AvgIpc) is 3.19. The number of hydrogen-bond donors (Lipinski definition) is 0. The van der Waals surface area contributed by atoms with Crippen LogP contribution in [0.25, 0.3) is 0 Å². The van der Waals surface area contributed by atoms with Crippen LogP contribution in [0.1, 0.15) is 25.0 Å². The molecule has 1 saturated heterocycles. The van der Waals surface area contributed by atoms with Gasteiger partial charge in [-0.25, -0.2) is 0 Å². The minimum atomic E-state index is -0.400. The van der Waals surface area contributed by atoms with E-state index in [-0.39, 0.29) is 43.9 Å². The first kappa shape index (κ1) is 31.1. The van der Waals surface area contributed by atoms with Crippen molar-refractivity contribution in [1.82, 2.24) is 0 Å². The van der Waals surface area contributed by atoms with Gasteiger partial charge in [0.2, 0.25) is 0 Å². The monoisotopic (exact) mass is 630 g/mol. The second kappa shape index (κ2) is 17.5. The van der Waals surface area contributed by atoms with Gasteiger partial charge in [0.15, 0.2) is 6.29 Å². The van der Waals surface area contributed by atoms with Crippen LogP contribution < -0.4 is 0 Å². The molecule has 2 aromatic carbocycles. The number of carbonyl (C=O) groups excluding carboxylic acids is 1. The summed E-state index contributed by atoms with van der Waals surface area (Å²) in [5.41, 5.74) is 2.25. The van der Waals surface area contributed by atoms with Crippen LogP contribution in [0.4, 0.5) is 0 Å². The van der Waals surface area contributed by atoms with E-state index in [1.165, 1.54) is 5.56 Å². The molecule has 1 heterocycles. The molecule has 0 saturated carbocycles. The van der Waals surface area contributed by atoms with E-state index >= 15 is 0 Å². The van der Waals surface area contributed by atoms with Crippen LogP contribution in [0.2, 0.25) is 0 Å². The quantitative estimate of drug-likeness (QED) is 0.106. The van der Waals surface area contributed by atoms with Crippen LogP contribution in [0.3, 0.4) is 0 Å². The van der Waals surface area contributed by atoms with Crippen molar-refractivity contribution in [2.24, 2.45) is 11.8 Å². The fraction of sp³-hybridized carbons (Fsp3) is 0.444. The molecule has 34 heavy (non-hydrogen) atoms. The Morgan fingerprint density at radius 3 is 2.09 bits per heavy atom. The summed E-state index contributed by atoms with van der Waals surface area (Å²) in [5, 5.41) is 0. The van der Waals surface area contributed by atoms with E-state index in [4.69, 9.17) is 18.9 Å². The number of carbonyl (C=O) groups is 1. The van der Waals surface area contributed by atoms with E-state index in [2.05, 4.69) is 48.2 Å². The predicted octanol–water partition coefficient (Wildman–Crippen LogP) is 5.60. The number of alkyl halides is 1. The summed E-state index contributed by atoms with van der Waals surface area (Å²) in [7, 11) is 1.67. The zero-order valence-electron chi connectivity index (χ0n) is 20.3. The molecule has 3 rings (SSSR count). The van der Waals surface area contributed by atoms with Gasteiger partial charge in [-0.3, -0.25) is 0 Å². The van der Waals surface area contributed by atoms with E-state index in [0.29, 0.717) is 19.1 Å². The van der Waals surface area contributed by atoms with Crippen molar-refractivity contribution in [2.45, 2.75) is 51.7 Å². The van der Waals surface area contributed by atoms with Gasteiger partial charge >= 0.3 is 0 Å². The fourth-order valence-electron chi connectivity index (χ4n) is 3.41. The van der Waals surface area contributed by atoms with Crippen molar-refractivity contribution in [3.05, 3.63) is 84.4 Å². The number of hydrogen-bond acceptors (Lipinski definition) is 5. The number of benzene rings is 2. The van der Waals surface area contributed by atoms with Gasteiger partial charge in [-0.1, -0.05) is 103 Å². The fourth-order valence-corrected chi connectivity index (χ4v) is 4.42. The minimum absolute atomic E-state index is 0. The Morgan fingerprint density at radius 2 is 1.62 bits per heavy atom. The second-order valence-electron chi connectivity index (χ2n) is 8.05. The SMILES string of the molecule is C=C[C@H](C)[C@H](C=O)OCc1ccccc1.COC1O[C@H](CI)[C@H](C)[C@H]1OCc1ccccc1.[Zn]. The van der Waals surface area contributed by atoms with Crippen molar-refractivity contribution >= 4 is 28.9 Å². The van der Waals surface area contributed by atoms with Crippen LogP contribution in [0.5, 0.6) is 0 Å². The molecule has 182 valence electrons. The summed E-state index contributed by atoms with van der Waals surface area (Å²) in [6.07, 6.45) is 2.14. The standard InChI is InChI=1S/C14H19IO3.C13H16O2.Zn/c1-10-12(8-15)18-14(16-2)13(10)17-9-11-6-4-3-5-7-11;1-3-11(2)13(9-14)15-10-12-7-5-4-6-8-12;/h3-7,10,12-14H,8-9H2,1-2H3;3-9,11,13H,1,10H2,2H3;/t10-,12+,13+,14?;11-,13-;/m00./s1. The Kier molecular flexibility index (Phi) is 16.0. The Bertz CT molecular complexity index is 805. The molecule has 6 atom stereocenters. The first-order valence-corrected chi connectivity index (χ1v) is 12.7. The molecule has 1 unspecified atom stereocenters. The summed E-state index contributed by atoms with van der Waals surface area (Å²) < 4.78 is 23.6. The third-order valence-corrected chi connectivity index (χ3v) is 6.53. The van der Waals surface area contributed by atoms with E-state index < -0.39 is 6.10 Å². The topological polar surface area (TPSA) is 54.0 Å². The molecule has 2 aromatic rings. The molecule has 0 N–H and O–H groups in total. The van der Waals surface area contributed by atoms with Crippen molar-refractivity contribution in [1.29, 1.82) is 0 Å². The molecule has 0 amide bonds. The number of ether oxygens (including phenoxy) is 4. The van der Waals surface area contributed by atoms with Crippen molar-refractivity contribution < 1.29 is 43.2 Å². The summed E-state index contributed by atoms with van der Waals surface area (Å²) in [6.45, 7) is 8.79. The maximum absolute atomic E-state index is 10.8. The van der Waals surface area contributed by atoms with Gasteiger partial charge in [-0.15, -0.1) is 6.58 Å². The predicted molar refractivity (Wildman–Crippen MR) is 139 cm³/mol. The van der Waals surface area contributed by atoms with Crippen molar-refractivity contribution in [2.75, 3.05) is 11.5 Å². The normalized spacial score (nSPS) is 23.1. The Labute approximate surface area is 230 Å².